The topological polar surface area (TPSA) is 19.4 Å². The lowest BCUT2D eigenvalue weighted by Crippen LogP contribution is -2.46. The van der Waals surface area contributed by atoms with Crippen LogP contribution in [0, 0.1) is 6.92 Å². The van der Waals surface area contributed by atoms with Crippen molar-refractivity contribution in [2.24, 2.45) is 0 Å². The minimum atomic E-state index is 1.00. The number of nitrogens with zero attached hydrogens (tertiary/aromatic N) is 3. The van der Waals surface area contributed by atoms with Gasteiger partial charge in [-0.2, -0.15) is 0 Å². The van der Waals surface area contributed by atoms with Gasteiger partial charge in [0.1, 0.15) is 5.82 Å². The zero-order valence-corrected chi connectivity index (χ0v) is 12.4. The fraction of sp³-hybridized carbons (Fsp3) is 0.353. The van der Waals surface area contributed by atoms with Crippen molar-refractivity contribution in [2.45, 2.75) is 13.8 Å². The molecule has 0 bridgehead atoms. The molecule has 0 saturated carbocycles. The number of rotatable bonds is 4. The van der Waals surface area contributed by atoms with Crippen LogP contribution in [-0.4, -0.2) is 36.1 Å². The van der Waals surface area contributed by atoms with E-state index in [1.165, 1.54) is 11.3 Å². The highest BCUT2D eigenvalue weighted by Gasteiger charge is 2.18. The summed E-state index contributed by atoms with van der Waals surface area (Å²) in [5.41, 5.74) is 2.50. The molecular formula is C17H23N3. The number of anilines is 1. The van der Waals surface area contributed by atoms with Crippen molar-refractivity contribution in [3.8, 4) is 0 Å². The van der Waals surface area contributed by atoms with Crippen LogP contribution in [0.1, 0.15) is 12.5 Å². The maximum Gasteiger partial charge on any atom is 0.128 e. The molecule has 0 amide bonds. The SMILES string of the molecule is C=C/C=C(\C=C/C)N1CCN(c2cc(C)ccn2)CC1. The molecule has 2 heterocycles. The number of allylic oxidation sites excluding steroid dienone is 4. The molecule has 0 spiro atoms. The van der Waals surface area contributed by atoms with Gasteiger partial charge in [0.05, 0.1) is 0 Å². The number of aromatic nitrogens is 1. The first-order chi connectivity index (χ1) is 9.74. The largest absolute Gasteiger partial charge is 0.368 e. The molecular weight excluding hydrogens is 246 g/mol. The highest BCUT2D eigenvalue weighted by molar-refractivity contribution is 5.41. The quantitative estimate of drug-likeness (QED) is 0.783. The molecule has 1 aliphatic rings. The Bertz CT molecular complexity index is 509. The maximum absolute atomic E-state index is 4.47. The molecule has 0 unspecified atom stereocenters. The van der Waals surface area contributed by atoms with E-state index in [0.717, 1.165) is 32.0 Å². The summed E-state index contributed by atoms with van der Waals surface area (Å²) in [5, 5.41) is 0. The van der Waals surface area contributed by atoms with E-state index >= 15 is 0 Å². The molecule has 3 heteroatoms. The molecule has 3 nitrogen and oxygen atoms in total. The normalized spacial score (nSPS) is 16.8. The minimum absolute atomic E-state index is 1.00. The lowest BCUT2D eigenvalue weighted by atomic mass is 10.2. The Morgan fingerprint density at radius 2 is 2.05 bits per heavy atom. The Hall–Kier alpha value is -2.03. The van der Waals surface area contributed by atoms with Gasteiger partial charge >= 0.3 is 0 Å². The molecule has 1 aromatic rings. The standard InChI is InChI=1S/C17H23N3/c1-4-6-16(7-5-2)19-10-12-20(13-11-19)17-14-15(3)8-9-18-17/h4-9,14H,1,10-13H2,2-3H3/b7-5-,16-6+. The van der Waals surface area contributed by atoms with E-state index in [1.54, 1.807) is 0 Å². The third-order valence-electron chi connectivity index (χ3n) is 3.50. The van der Waals surface area contributed by atoms with Crippen LogP contribution in [0.3, 0.4) is 0 Å². The predicted octanol–water partition coefficient (Wildman–Crippen LogP) is 3.16. The molecule has 2 rings (SSSR count). The fourth-order valence-electron chi connectivity index (χ4n) is 2.44. The van der Waals surface area contributed by atoms with Crippen molar-refractivity contribution >= 4 is 5.82 Å². The second kappa shape index (κ2) is 6.94. The van der Waals surface area contributed by atoms with E-state index in [4.69, 9.17) is 0 Å². The summed E-state index contributed by atoms with van der Waals surface area (Å²) < 4.78 is 0. The van der Waals surface area contributed by atoms with E-state index in [9.17, 15) is 0 Å². The first-order valence-electron chi connectivity index (χ1n) is 7.12. The molecule has 0 radical (unpaired) electrons. The van der Waals surface area contributed by atoms with Gasteiger partial charge in [0, 0.05) is 38.1 Å². The minimum Gasteiger partial charge on any atom is -0.368 e. The number of pyridine rings is 1. The van der Waals surface area contributed by atoms with Crippen LogP contribution in [0.15, 0.2) is 54.9 Å². The van der Waals surface area contributed by atoms with E-state index in [1.807, 2.05) is 25.3 Å². The van der Waals surface area contributed by atoms with Crippen molar-refractivity contribution < 1.29 is 0 Å². The highest BCUT2D eigenvalue weighted by atomic mass is 15.3. The van der Waals surface area contributed by atoms with E-state index in [-0.39, 0.29) is 0 Å². The van der Waals surface area contributed by atoms with Crippen molar-refractivity contribution in [2.75, 3.05) is 31.1 Å². The molecule has 0 atom stereocenters. The first kappa shape index (κ1) is 14.4. The zero-order valence-electron chi connectivity index (χ0n) is 12.4. The van der Waals surface area contributed by atoms with Crippen molar-refractivity contribution in [3.63, 3.8) is 0 Å². The second-order valence-electron chi connectivity index (χ2n) is 4.99. The van der Waals surface area contributed by atoms with Crippen LogP contribution >= 0.6 is 0 Å². The molecule has 0 aliphatic carbocycles. The molecule has 0 N–H and O–H groups in total. The molecule has 1 aliphatic heterocycles. The summed E-state index contributed by atoms with van der Waals surface area (Å²) >= 11 is 0. The Morgan fingerprint density at radius 3 is 2.65 bits per heavy atom. The average Bonchev–Trinajstić information content (AvgIpc) is 2.47. The van der Waals surface area contributed by atoms with Crippen LogP contribution in [0.2, 0.25) is 0 Å². The third-order valence-corrected chi connectivity index (χ3v) is 3.50. The van der Waals surface area contributed by atoms with Crippen LogP contribution in [-0.2, 0) is 0 Å². The maximum atomic E-state index is 4.47. The summed E-state index contributed by atoms with van der Waals surface area (Å²) in [7, 11) is 0. The van der Waals surface area contributed by atoms with Crippen LogP contribution in [0.25, 0.3) is 0 Å². The molecule has 1 aromatic heterocycles. The molecule has 106 valence electrons. The predicted molar refractivity (Wildman–Crippen MR) is 85.9 cm³/mol. The van der Waals surface area contributed by atoms with Gasteiger partial charge in [0.25, 0.3) is 0 Å². The van der Waals surface area contributed by atoms with Gasteiger partial charge in [0.15, 0.2) is 0 Å². The van der Waals surface area contributed by atoms with Gasteiger partial charge < -0.3 is 9.80 Å². The Balaban J connectivity index is 2.01. The Labute approximate surface area is 121 Å². The Kier molecular flexibility index (Phi) is 4.99. The summed E-state index contributed by atoms with van der Waals surface area (Å²) in [4.78, 5) is 9.22. The fourth-order valence-corrected chi connectivity index (χ4v) is 2.44. The monoisotopic (exact) mass is 269 g/mol. The number of piperazine rings is 1. The number of aryl methyl sites for hydroxylation is 1. The lowest BCUT2D eigenvalue weighted by Gasteiger charge is -2.37. The molecule has 0 aromatic carbocycles. The number of hydrogen-bond acceptors (Lipinski definition) is 3. The van der Waals surface area contributed by atoms with Gasteiger partial charge in [-0.1, -0.05) is 18.7 Å². The van der Waals surface area contributed by atoms with E-state index < -0.39 is 0 Å². The third kappa shape index (κ3) is 3.50. The second-order valence-corrected chi connectivity index (χ2v) is 4.99. The highest BCUT2D eigenvalue weighted by Crippen LogP contribution is 2.17. The summed E-state index contributed by atoms with van der Waals surface area (Å²) in [6, 6.07) is 4.19. The summed E-state index contributed by atoms with van der Waals surface area (Å²) in [5.74, 6) is 1.09. The van der Waals surface area contributed by atoms with Gasteiger partial charge in [0.2, 0.25) is 0 Å². The summed E-state index contributed by atoms with van der Waals surface area (Å²) in [6.07, 6.45) is 10.0. The van der Waals surface area contributed by atoms with E-state index in [0.29, 0.717) is 0 Å². The molecule has 1 saturated heterocycles. The Morgan fingerprint density at radius 1 is 1.30 bits per heavy atom. The van der Waals surface area contributed by atoms with Crippen molar-refractivity contribution in [3.05, 3.63) is 60.5 Å². The van der Waals surface area contributed by atoms with E-state index in [2.05, 4.69) is 52.6 Å². The van der Waals surface area contributed by atoms with Gasteiger partial charge in [-0.25, -0.2) is 4.98 Å². The zero-order chi connectivity index (χ0) is 14.4. The smallest absolute Gasteiger partial charge is 0.128 e. The van der Waals surface area contributed by atoms with Crippen molar-refractivity contribution in [1.82, 2.24) is 9.88 Å². The van der Waals surface area contributed by atoms with Crippen molar-refractivity contribution in [1.29, 1.82) is 0 Å². The van der Waals surface area contributed by atoms with Gasteiger partial charge in [-0.05, 0) is 43.7 Å². The lowest BCUT2D eigenvalue weighted by molar-refractivity contribution is 0.329. The van der Waals surface area contributed by atoms with Crippen LogP contribution < -0.4 is 4.90 Å². The van der Waals surface area contributed by atoms with Crippen LogP contribution in [0.4, 0.5) is 5.82 Å². The summed E-state index contributed by atoms with van der Waals surface area (Å²) in [6.45, 7) is 12.0. The average molecular weight is 269 g/mol. The van der Waals surface area contributed by atoms with Crippen LogP contribution in [0.5, 0.6) is 0 Å². The van der Waals surface area contributed by atoms with Gasteiger partial charge in [-0.15, -0.1) is 0 Å². The van der Waals surface area contributed by atoms with Gasteiger partial charge in [-0.3, -0.25) is 0 Å². The molecule has 20 heavy (non-hydrogen) atoms. The molecule has 1 fully saturated rings. The first-order valence-corrected chi connectivity index (χ1v) is 7.12. The number of hydrogen-bond donors (Lipinski definition) is 0.